The second-order valence-corrected chi connectivity index (χ2v) is 3.87. The summed E-state index contributed by atoms with van der Waals surface area (Å²) in [4.78, 5) is 33.5. The van der Waals surface area contributed by atoms with Gasteiger partial charge in [0, 0.05) is 31.6 Å². The van der Waals surface area contributed by atoms with Crippen molar-refractivity contribution in [1.82, 2.24) is 0 Å². The fourth-order valence-corrected chi connectivity index (χ4v) is 1.47. The minimum Gasteiger partial charge on any atom is -0.300 e. The van der Waals surface area contributed by atoms with E-state index in [2.05, 4.69) is 0 Å². The molecule has 86 valence electrons. The first-order valence-corrected chi connectivity index (χ1v) is 5.55. The lowest BCUT2D eigenvalue weighted by Gasteiger charge is -2.11. The summed E-state index contributed by atoms with van der Waals surface area (Å²) >= 11 is 0. The summed E-state index contributed by atoms with van der Waals surface area (Å²) in [6, 6.07) is 0. The van der Waals surface area contributed by atoms with Gasteiger partial charge in [-0.2, -0.15) is 0 Å². The molecule has 0 amide bonds. The zero-order chi connectivity index (χ0) is 11.8. The van der Waals surface area contributed by atoms with E-state index < -0.39 is 0 Å². The monoisotopic (exact) mass is 212 g/mol. The normalized spacial score (nSPS) is 12.2. The molecule has 0 aromatic heterocycles. The van der Waals surface area contributed by atoms with E-state index in [0.717, 1.165) is 0 Å². The molecule has 0 aromatic carbocycles. The van der Waals surface area contributed by atoms with Gasteiger partial charge >= 0.3 is 0 Å². The summed E-state index contributed by atoms with van der Waals surface area (Å²) in [5.41, 5.74) is 0. The fraction of sp³-hybridized carbons (Fsp3) is 0.750. The van der Waals surface area contributed by atoms with E-state index in [-0.39, 0.29) is 29.7 Å². The maximum absolute atomic E-state index is 11.4. The summed E-state index contributed by atoms with van der Waals surface area (Å²) < 4.78 is 0. The molecule has 0 saturated carbocycles. The molecule has 0 aliphatic rings. The van der Waals surface area contributed by atoms with Crippen molar-refractivity contribution >= 4 is 17.3 Å². The molecule has 0 heterocycles. The molecule has 3 heteroatoms. The Morgan fingerprint density at radius 3 is 2.07 bits per heavy atom. The van der Waals surface area contributed by atoms with Crippen LogP contribution in [-0.4, -0.2) is 17.3 Å². The van der Waals surface area contributed by atoms with Crippen molar-refractivity contribution in [1.29, 1.82) is 0 Å². The van der Waals surface area contributed by atoms with Crippen LogP contribution in [0.25, 0.3) is 0 Å². The van der Waals surface area contributed by atoms with Gasteiger partial charge in [-0.25, -0.2) is 0 Å². The summed E-state index contributed by atoms with van der Waals surface area (Å²) in [7, 11) is 0. The summed E-state index contributed by atoms with van der Waals surface area (Å²) in [6.07, 6.45) is 2.08. The highest BCUT2D eigenvalue weighted by molar-refractivity contribution is 5.89. The van der Waals surface area contributed by atoms with Gasteiger partial charge < -0.3 is 4.79 Å². The lowest BCUT2D eigenvalue weighted by Crippen LogP contribution is -2.17. The van der Waals surface area contributed by atoms with Crippen LogP contribution in [0, 0.1) is 5.92 Å². The van der Waals surface area contributed by atoms with Crippen LogP contribution in [0.1, 0.15) is 52.9 Å². The van der Waals surface area contributed by atoms with Crippen LogP contribution in [0.4, 0.5) is 0 Å². The quantitative estimate of drug-likeness (QED) is 0.620. The Labute approximate surface area is 91.2 Å². The van der Waals surface area contributed by atoms with Gasteiger partial charge in [-0.3, -0.25) is 9.59 Å². The predicted octanol–water partition coefficient (Wildman–Crippen LogP) is 2.32. The van der Waals surface area contributed by atoms with Crippen LogP contribution in [0.3, 0.4) is 0 Å². The molecule has 0 radical (unpaired) electrons. The average molecular weight is 212 g/mol. The largest absolute Gasteiger partial charge is 0.300 e. The predicted molar refractivity (Wildman–Crippen MR) is 58.6 cm³/mol. The number of carbonyl (C=O) groups excluding carboxylic acids is 3. The average Bonchev–Trinajstić information content (AvgIpc) is 2.21. The van der Waals surface area contributed by atoms with Crippen molar-refractivity contribution in [3.63, 3.8) is 0 Å². The number of carbonyl (C=O) groups is 3. The topological polar surface area (TPSA) is 51.2 Å². The molecule has 1 atom stereocenters. The first kappa shape index (κ1) is 14.0. The van der Waals surface area contributed by atoms with E-state index >= 15 is 0 Å². The van der Waals surface area contributed by atoms with Gasteiger partial charge in [-0.05, 0) is 13.3 Å². The maximum Gasteiger partial charge on any atom is 0.136 e. The van der Waals surface area contributed by atoms with Gasteiger partial charge in [0.25, 0.3) is 0 Å². The maximum atomic E-state index is 11.4. The molecule has 0 N–H and O–H groups in total. The van der Waals surface area contributed by atoms with Crippen LogP contribution >= 0.6 is 0 Å². The highest BCUT2D eigenvalue weighted by atomic mass is 16.1. The van der Waals surface area contributed by atoms with Crippen LogP contribution in [0.5, 0.6) is 0 Å². The van der Waals surface area contributed by atoms with Crippen molar-refractivity contribution in [3.05, 3.63) is 0 Å². The molecule has 0 spiro atoms. The second kappa shape index (κ2) is 7.32. The van der Waals surface area contributed by atoms with Gasteiger partial charge in [0.2, 0.25) is 0 Å². The van der Waals surface area contributed by atoms with Crippen LogP contribution in [-0.2, 0) is 14.4 Å². The standard InChI is InChI=1S/C12H20O3/c1-4-10(12(15)5-2)8-11(14)7-6-9(3)13/h10H,4-8H2,1-3H3. The number of Topliss-reactive ketones (excluding diaryl/α,β-unsaturated/α-hetero) is 3. The lowest BCUT2D eigenvalue weighted by molar-refractivity contribution is -0.128. The van der Waals surface area contributed by atoms with Gasteiger partial charge in [-0.1, -0.05) is 13.8 Å². The molecule has 0 aliphatic carbocycles. The van der Waals surface area contributed by atoms with E-state index in [4.69, 9.17) is 0 Å². The van der Waals surface area contributed by atoms with E-state index in [0.29, 0.717) is 25.7 Å². The zero-order valence-electron chi connectivity index (χ0n) is 9.84. The molecule has 1 unspecified atom stereocenters. The first-order valence-electron chi connectivity index (χ1n) is 5.55. The second-order valence-electron chi connectivity index (χ2n) is 3.87. The third kappa shape index (κ3) is 6.15. The summed E-state index contributed by atoms with van der Waals surface area (Å²) in [5, 5.41) is 0. The number of ketones is 3. The van der Waals surface area contributed by atoms with E-state index in [1.165, 1.54) is 6.92 Å². The molecular formula is C12H20O3. The minimum absolute atomic E-state index is 0.0261. The number of hydrogen-bond acceptors (Lipinski definition) is 3. The Bertz CT molecular complexity index is 243. The third-order valence-corrected chi connectivity index (χ3v) is 2.53. The Hall–Kier alpha value is -0.990. The summed E-state index contributed by atoms with van der Waals surface area (Å²) in [6.45, 7) is 5.20. The highest BCUT2D eigenvalue weighted by Gasteiger charge is 2.18. The Morgan fingerprint density at radius 1 is 1.07 bits per heavy atom. The Balaban J connectivity index is 4.01. The molecule has 0 fully saturated rings. The smallest absolute Gasteiger partial charge is 0.136 e. The number of rotatable bonds is 8. The van der Waals surface area contributed by atoms with Crippen molar-refractivity contribution in [2.45, 2.75) is 52.9 Å². The molecule has 15 heavy (non-hydrogen) atoms. The van der Waals surface area contributed by atoms with Gasteiger partial charge in [0.05, 0.1) is 0 Å². The van der Waals surface area contributed by atoms with Crippen LogP contribution in [0.15, 0.2) is 0 Å². The first-order chi connectivity index (χ1) is 7.01. The fourth-order valence-electron chi connectivity index (χ4n) is 1.47. The van der Waals surface area contributed by atoms with E-state index in [1.54, 1.807) is 0 Å². The van der Waals surface area contributed by atoms with Gasteiger partial charge in [0.1, 0.15) is 17.3 Å². The van der Waals surface area contributed by atoms with Crippen molar-refractivity contribution in [3.8, 4) is 0 Å². The minimum atomic E-state index is -0.144. The van der Waals surface area contributed by atoms with Crippen molar-refractivity contribution < 1.29 is 14.4 Å². The molecular weight excluding hydrogens is 192 g/mol. The zero-order valence-corrected chi connectivity index (χ0v) is 9.84. The molecule has 0 aromatic rings. The highest BCUT2D eigenvalue weighted by Crippen LogP contribution is 2.14. The SMILES string of the molecule is CCC(=O)C(CC)CC(=O)CCC(C)=O. The summed E-state index contributed by atoms with van der Waals surface area (Å²) in [5.74, 6) is 0.0557. The Kier molecular flexibility index (Phi) is 6.84. The van der Waals surface area contributed by atoms with E-state index in [9.17, 15) is 14.4 Å². The Morgan fingerprint density at radius 2 is 1.67 bits per heavy atom. The molecule has 3 nitrogen and oxygen atoms in total. The van der Waals surface area contributed by atoms with Crippen molar-refractivity contribution in [2.75, 3.05) is 0 Å². The van der Waals surface area contributed by atoms with Gasteiger partial charge in [0.15, 0.2) is 0 Å². The number of hydrogen-bond donors (Lipinski definition) is 0. The molecule has 0 aliphatic heterocycles. The van der Waals surface area contributed by atoms with Crippen LogP contribution in [0.2, 0.25) is 0 Å². The molecule has 0 bridgehead atoms. The van der Waals surface area contributed by atoms with Gasteiger partial charge in [-0.15, -0.1) is 0 Å². The van der Waals surface area contributed by atoms with Crippen LogP contribution < -0.4 is 0 Å². The van der Waals surface area contributed by atoms with E-state index in [1.807, 2.05) is 13.8 Å². The molecule has 0 rings (SSSR count). The lowest BCUT2D eigenvalue weighted by atomic mass is 9.92. The van der Waals surface area contributed by atoms with Crippen molar-refractivity contribution in [2.24, 2.45) is 5.92 Å². The third-order valence-electron chi connectivity index (χ3n) is 2.53. The molecule has 0 saturated heterocycles.